The van der Waals surface area contributed by atoms with E-state index in [2.05, 4.69) is 9.97 Å². The van der Waals surface area contributed by atoms with Gasteiger partial charge in [-0.1, -0.05) is 0 Å². The molecule has 2 rings (SSSR count). The molecule has 0 aliphatic heterocycles. The first-order valence-electron chi connectivity index (χ1n) is 3.59. The molecule has 0 saturated carbocycles. The quantitative estimate of drug-likeness (QED) is 0.522. The number of aromatic nitrogens is 2. The van der Waals surface area contributed by atoms with Crippen LogP contribution < -0.4 is 5.73 Å². The molecule has 12 heavy (non-hydrogen) atoms. The van der Waals surface area contributed by atoms with Crippen molar-refractivity contribution in [2.24, 2.45) is 0 Å². The molecule has 3 nitrogen and oxygen atoms in total. The van der Waals surface area contributed by atoms with Crippen LogP contribution in [0.2, 0.25) is 0 Å². The number of rotatable bonds is 1. The molecule has 62 valence electrons. The molecule has 0 fully saturated rings. The normalized spacial score (nSPS) is 10.8. The highest BCUT2D eigenvalue weighted by Gasteiger charge is 2.05. The van der Waals surface area contributed by atoms with Gasteiger partial charge in [0, 0.05) is 11.3 Å². The Hall–Kier alpha value is -1.22. The average molecular weight is 182 g/mol. The van der Waals surface area contributed by atoms with Crippen LogP contribution in [0.4, 0.5) is 5.69 Å². The summed E-state index contributed by atoms with van der Waals surface area (Å²) in [5, 5.41) is 0. The molecule has 0 saturated heterocycles. The third kappa shape index (κ3) is 0.940. The summed E-state index contributed by atoms with van der Waals surface area (Å²) in [5.74, 6) is 0.397. The highest BCUT2D eigenvalue weighted by molar-refractivity contribution is 6.18. The molecule has 0 aliphatic rings. The Kier molecular flexibility index (Phi) is 1.66. The van der Waals surface area contributed by atoms with Crippen LogP contribution in [0.5, 0.6) is 0 Å². The predicted molar refractivity (Wildman–Crippen MR) is 50.1 cm³/mol. The van der Waals surface area contributed by atoms with Crippen molar-refractivity contribution in [1.82, 2.24) is 9.97 Å². The van der Waals surface area contributed by atoms with Crippen LogP contribution in [0.3, 0.4) is 0 Å². The predicted octanol–water partition coefficient (Wildman–Crippen LogP) is 1.88. The minimum atomic E-state index is 0.397. The maximum Gasteiger partial charge on any atom is 0.0947 e. The number of hydrogen-bond donors (Lipinski definition) is 2. The second-order valence-electron chi connectivity index (χ2n) is 2.57. The topological polar surface area (TPSA) is 54.7 Å². The van der Waals surface area contributed by atoms with Gasteiger partial charge < -0.3 is 10.7 Å². The van der Waals surface area contributed by atoms with Gasteiger partial charge in [-0.2, -0.15) is 0 Å². The average Bonchev–Trinajstić information content (AvgIpc) is 2.52. The first-order chi connectivity index (χ1) is 5.83. The highest BCUT2D eigenvalue weighted by atomic mass is 35.5. The van der Waals surface area contributed by atoms with E-state index in [9.17, 15) is 0 Å². The van der Waals surface area contributed by atoms with Gasteiger partial charge in [-0.15, -0.1) is 11.6 Å². The number of anilines is 1. The number of nitrogens with zero attached hydrogens (tertiary/aromatic N) is 1. The van der Waals surface area contributed by atoms with E-state index in [0.29, 0.717) is 11.6 Å². The van der Waals surface area contributed by atoms with Crippen LogP contribution in [0.1, 0.15) is 5.56 Å². The molecule has 0 amide bonds. The van der Waals surface area contributed by atoms with E-state index >= 15 is 0 Å². The second-order valence-corrected chi connectivity index (χ2v) is 2.83. The number of halogens is 1. The smallest absolute Gasteiger partial charge is 0.0947 e. The summed E-state index contributed by atoms with van der Waals surface area (Å²) >= 11 is 5.73. The zero-order valence-corrected chi connectivity index (χ0v) is 7.10. The molecule has 0 unspecified atom stereocenters. The maximum absolute atomic E-state index is 5.73. The van der Waals surface area contributed by atoms with Crippen molar-refractivity contribution < 1.29 is 0 Å². The molecular formula is C8H8ClN3. The number of alkyl halides is 1. The SMILES string of the molecule is Nc1ccc2[nH]cnc2c1CCl. The lowest BCUT2D eigenvalue weighted by Gasteiger charge is -2.00. The van der Waals surface area contributed by atoms with Crippen molar-refractivity contribution in [2.45, 2.75) is 5.88 Å². The Balaban J connectivity index is 2.83. The third-order valence-corrected chi connectivity index (χ3v) is 2.13. The van der Waals surface area contributed by atoms with Gasteiger partial charge in [-0.25, -0.2) is 4.98 Å². The zero-order chi connectivity index (χ0) is 8.55. The van der Waals surface area contributed by atoms with E-state index in [-0.39, 0.29) is 0 Å². The summed E-state index contributed by atoms with van der Waals surface area (Å²) in [5.41, 5.74) is 9.15. The minimum absolute atomic E-state index is 0.397. The summed E-state index contributed by atoms with van der Waals surface area (Å²) in [6.07, 6.45) is 1.64. The van der Waals surface area contributed by atoms with Crippen LogP contribution in [0.25, 0.3) is 11.0 Å². The molecule has 1 aromatic carbocycles. The number of nitrogen functional groups attached to an aromatic ring is 1. The fourth-order valence-corrected chi connectivity index (χ4v) is 1.50. The van der Waals surface area contributed by atoms with Crippen LogP contribution in [0, 0.1) is 0 Å². The van der Waals surface area contributed by atoms with E-state index in [1.54, 1.807) is 6.33 Å². The minimum Gasteiger partial charge on any atom is -0.398 e. The highest BCUT2D eigenvalue weighted by Crippen LogP contribution is 2.22. The van der Waals surface area contributed by atoms with Crippen molar-refractivity contribution in [3.63, 3.8) is 0 Å². The molecule has 0 bridgehead atoms. The van der Waals surface area contributed by atoms with Gasteiger partial charge in [0.25, 0.3) is 0 Å². The number of imidazole rings is 1. The molecule has 0 aliphatic carbocycles. The van der Waals surface area contributed by atoms with Crippen molar-refractivity contribution in [3.05, 3.63) is 24.0 Å². The summed E-state index contributed by atoms with van der Waals surface area (Å²) in [6, 6.07) is 3.73. The summed E-state index contributed by atoms with van der Waals surface area (Å²) in [7, 11) is 0. The van der Waals surface area contributed by atoms with Crippen LogP contribution in [-0.2, 0) is 5.88 Å². The van der Waals surface area contributed by atoms with E-state index in [1.807, 2.05) is 12.1 Å². The van der Waals surface area contributed by atoms with Crippen LogP contribution >= 0.6 is 11.6 Å². The third-order valence-electron chi connectivity index (χ3n) is 1.87. The second kappa shape index (κ2) is 2.68. The van der Waals surface area contributed by atoms with Crippen molar-refractivity contribution in [1.29, 1.82) is 0 Å². The summed E-state index contributed by atoms with van der Waals surface area (Å²) in [4.78, 5) is 7.13. The van der Waals surface area contributed by atoms with Gasteiger partial charge in [0.1, 0.15) is 0 Å². The molecule has 3 N–H and O–H groups in total. The maximum atomic E-state index is 5.73. The molecule has 0 radical (unpaired) electrons. The van der Waals surface area contributed by atoms with Crippen molar-refractivity contribution in [3.8, 4) is 0 Å². The van der Waals surface area contributed by atoms with Crippen molar-refractivity contribution in [2.75, 3.05) is 5.73 Å². The lowest BCUT2D eigenvalue weighted by Crippen LogP contribution is -1.92. The summed E-state index contributed by atoms with van der Waals surface area (Å²) in [6.45, 7) is 0. The number of benzene rings is 1. The van der Waals surface area contributed by atoms with Gasteiger partial charge >= 0.3 is 0 Å². The Bertz CT molecular complexity index is 408. The number of aromatic amines is 1. The van der Waals surface area contributed by atoms with E-state index in [1.165, 1.54) is 0 Å². The largest absolute Gasteiger partial charge is 0.398 e. The number of H-pyrrole nitrogens is 1. The lowest BCUT2D eigenvalue weighted by atomic mass is 10.1. The van der Waals surface area contributed by atoms with Crippen molar-refractivity contribution >= 4 is 28.3 Å². The lowest BCUT2D eigenvalue weighted by molar-refractivity contribution is 1.33. The first-order valence-corrected chi connectivity index (χ1v) is 4.13. The van der Waals surface area contributed by atoms with Gasteiger partial charge in [0.05, 0.1) is 23.2 Å². The Morgan fingerprint density at radius 2 is 2.33 bits per heavy atom. The Labute approximate surface area is 74.5 Å². The molecule has 0 spiro atoms. The molecule has 4 heteroatoms. The standard InChI is InChI=1S/C8H8ClN3/c9-3-5-6(10)1-2-7-8(5)12-4-11-7/h1-2,4H,3,10H2,(H,11,12). The molecule has 1 aromatic heterocycles. The Morgan fingerprint density at radius 1 is 1.50 bits per heavy atom. The zero-order valence-electron chi connectivity index (χ0n) is 6.34. The van der Waals surface area contributed by atoms with Gasteiger partial charge in [-0.3, -0.25) is 0 Å². The van der Waals surface area contributed by atoms with Gasteiger partial charge in [-0.05, 0) is 12.1 Å². The van der Waals surface area contributed by atoms with Crippen LogP contribution in [-0.4, -0.2) is 9.97 Å². The monoisotopic (exact) mass is 181 g/mol. The molecule has 2 aromatic rings. The fourth-order valence-electron chi connectivity index (χ4n) is 1.22. The molecule has 0 atom stereocenters. The molecular weight excluding hydrogens is 174 g/mol. The van der Waals surface area contributed by atoms with Crippen LogP contribution in [0.15, 0.2) is 18.5 Å². The Morgan fingerprint density at radius 3 is 3.08 bits per heavy atom. The number of nitrogens with one attached hydrogen (secondary N) is 1. The fraction of sp³-hybridized carbons (Fsp3) is 0.125. The number of nitrogens with two attached hydrogens (primary N) is 1. The van der Waals surface area contributed by atoms with E-state index in [4.69, 9.17) is 17.3 Å². The summed E-state index contributed by atoms with van der Waals surface area (Å²) < 4.78 is 0. The first kappa shape index (κ1) is 7.43. The van der Waals surface area contributed by atoms with E-state index < -0.39 is 0 Å². The van der Waals surface area contributed by atoms with Gasteiger partial charge in [0.2, 0.25) is 0 Å². The number of hydrogen-bond acceptors (Lipinski definition) is 2. The van der Waals surface area contributed by atoms with Gasteiger partial charge in [0.15, 0.2) is 0 Å². The van der Waals surface area contributed by atoms with E-state index in [0.717, 1.165) is 16.6 Å². The molecule has 1 heterocycles. The number of fused-ring (bicyclic) bond motifs is 1.